The Kier molecular flexibility index (Phi) is 21.2. The number of nitrogens with zero attached hydrogens (tertiary/aromatic N) is 4. The fraction of sp³-hybridized carbons (Fsp3) is 0.564. The van der Waals surface area contributed by atoms with Crippen molar-refractivity contribution in [2.24, 2.45) is 10.9 Å². The number of amides is 1. The molecular weight excluding hydrogens is 559 g/mol. The molecule has 2 rings (SSSR count). The number of halogens is 1. The van der Waals surface area contributed by atoms with Gasteiger partial charge in [0.1, 0.15) is 5.82 Å². The highest BCUT2D eigenvalue weighted by Crippen LogP contribution is 2.33. The minimum absolute atomic E-state index is 0.0256. The summed E-state index contributed by atoms with van der Waals surface area (Å²) < 4.78 is 15.2. The molecule has 1 amide bonds. The van der Waals surface area contributed by atoms with Crippen LogP contribution < -0.4 is 0 Å². The number of aliphatic imine (C=N–C) groups is 1. The lowest BCUT2D eigenvalue weighted by atomic mass is 9.89. The van der Waals surface area contributed by atoms with E-state index in [1.54, 1.807) is 6.07 Å². The molecule has 1 fully saturated rings. The first kappa shape index (κ1) is 41.5. The summed E-state index contributed by atoms with van der Waals surface area (Å²) in [6.07, 6.45) is 9.56. The Bertz CT molecular complexity index is 1250. The van der Waals surface area contributed by atoms with Crippen LogP contribution in [0.1, 0.15) is 114 Å². The van der Waals surface area contributed by atoms with Crippen LogP contribution in [0.3, 0.4) is 0 Å². The molecule has 45 heavy (non-hydrogen) atoms. The zero-order chi connectivity index (χ0) is 34.5. The first-order valence-corrected chi connectivity index (χ1v) is 17.0. The second-order valence-corrected chi connectivity index (χ2v) is 11.1. The Labute approximate surface area is 275 Å². The van der Waals surface area contributed by atoms with Gasteiger partial charge in [-0.25, -0.2) is 4.39 Å². The third kappa shape index (κ3) is 12.8. The first-order chi connectivity index (χ1) is 21.6. The molecule has 1 unspecified atom stereocenters. The standard InChI is InChI=1S/C35H49FN4O.2C2H6/c1-9-29(22-26(6)23-37)16-12-15-19-33(38-11-3)34(30(10-2)31-17-13-14-18-32(31)36)28(8)40-21-20-39(24-27(40)7)35(41)25(4)5;2*1-2/h9-10,13-14,17-18,22,25,27H,11-12,15-16,19-21,24H2,1-8H3;2*1-2H3/b26-22+,29-9-,30-10-,34-28+,38-33?;;. The molecule has 0 spiro atoms. The Morgan fingerprint density at radius 1 is 1.07 bits per heavy atom. The number of hydrogen-bond donors (Lipinski definition) is 0. The van der Waals surface area contributed by atoms with Crippen LogP contribution in [-0.2, 0) is 4.79 Å². The van der Waals surface area contributed by atoms with Gasteiger partial charge in [0.25, 0.3) is 0 Å². The smallest absolute Gasteiger partial charge is 0.225 e. The Hall–Kier alpha value is -3.46. The van der Waals surface area contributed by atoms with Gasteiger partial charge in [-0.15, -0.1) is 0 Å². The highest BCUT2D eigenvalue weighted by molar-refractivity contribution is 6.13. The van der Waals surface area contributed by atoms with E-state index in [-0.39, 0.29) is 23.7 Å². The summed E-state index contributed by atoms with van der Waals surface area (Å²) in [7, 11) is 0. The van der Waals surface area contributed by atoms with E-state index in [9.17, 15) is 4.79 Å². The van der Waals surface area contributed by atoms with Crippen molar-refractivity contribution in [3.8, 4) is 6.07 Å². The summed E-state index contributed by atoms with van der Waals surface area (Å²) in [5.41, 5.74) is 6.33. The summed E-state index contributed by atoms with van der Waals surface area (Å²) in [6.45, 7) is 26.7. The van der Waals surface area contributed by atoms with Crippen molar-refractivity contribution >= 4 is 17.2 Å². The van der Waals surface area contributed by atoms with E-state index in [1.165, 1.54) is 6.07 Å². The molecule has 1 atom stereocenters. The predicted octanol–water partition coefficient (Wildman–Crippen LogP) is 10.2. The number of unbranched alkanes of at least 4 members (excludes halogenated alkanes) is 1. The van der Waals surface area contributed by atoms with Crippen LogP contribution in [-0.4, -0.2) is 53.6 Å². The lowest BCUT2D eigenvalue weighted by Gasteiger charge is -2.43. The van der Waals surface area contributed by atoms with Gasteiger partial charge in [-0.1, -0.05) is 77.5 Å². The molecule has 0 saturated carbocycles. The summed E-state index contributed by atoms with van der Waals surface area (Å²) in [6, 6.07) is 9.27. The zero-order valence-corrected chi connectivity index (χ0v) is 30.4. The molecule has 1 aromatic carbocycles. The number of carbonyl (C=O) groups is 1. The van der Waals surface area contributed by atoms with Crippen LogP contribution >= 0.6 is 0 Å². The van der Waals surface area contributed by atoms with Gasteiger partial charge in [0.05, 0.1) is 6.07 Å². The molecule has 1 heterocycles. The van der Waals surface area contributed by atoms with Gasteiger partial charge in [0.2, 0.25) is 5.91 Å². The lowest BCUT2D eigenvalue weighted by molar-refractivity contribution is -0.136. The Morgan fingerprint density at radius 2 is 1.69 bits per heavy atom. The minimum Gasteiger partial charge on any atom is -0.368 e. The number of allylic oxidation sites excluding steroid dienone is 8. The third-order valence-electron chi connectivity index (χ3n) is 7.66. The molecule has 0 radical (unpaired) electrons. The van der Waals surface area contributed by atoms with Crippen molar-refractivity contribution in [2.75, 3.05) is 26.2 Å². The average molecular weight is 621 g/mol. The van der Waals surface area contributed by atoms with Crippen LogP contribution in [0.5, 0.6) is 0 Å². The van der Waals surface area contributed by atoms with Crippen molar-refractivity contribution in [2.45, 2.75) is 115 Å². The van der Waals surface area contributed by atoms with E-state index in [0.717, 1.165) is 60.4 Å². The van der Waals surface area contributed by atoms with Crippen LogP contribution in [0, 0.1) is 23.1 Å². The van der Waals surface area contributed by atoms with E-state index >= 15 is 4.39 Å². The predicted molar refractivity (Wildman–Crippen MR) is 193 cm³/mol. The van der Waals surface area contributed by atoms with Crippen LogP contribution in [0.4, 0.5) is 4.39 Å². The lowest BCUT2D eigenvalue weighted by Crippen LogP contribution is -2.54. The maximum atomic E-state index is 15.2. The van der Waals surface area contributed by atoms with Gasteiger partial charge >= 0.3 is 0 Å². The highest BCUT2D eigenvalue weighted by atomic mass is 19.1. The topological polar surface area (TPSA) is 59.7 Å². The van der Waals surface area contributed by atoms with E-state index in [4.69, 9.17) is 10.3 Å². The number of hydrogen-bond acceptors (Lipinski definition) is 4. The van der Waals surface area contributed by atoms with Crippen LogP contribution in [0.2, 0.25) is 0 Å². The van der Waals surface area contributed by atoms with E-state index in [1.807, 2.05) is 98.4 Å². The SMILES string of the molecule is C/C=C(\C=C(/C)C#N)CCCCC(=NCC)C(/C(=C\C)c1ccccc1F)=C(\C)N1CCN(C(=O)C(C)C)CC1C.CC.CC. The fourth-order valence-electron chi connectivity index (χ4n) is 5.54. The van der Waals surface area contributed by atoms with E-state index in [0.29, 0.717) is 30.8 Å². The maximum absolute atomic E-state index is 15.2. The molecular formula is C39H61FN4O. The van der Waals surface area contributed by atoms with Crippen LogP contribution in [0.25, 0.3) is 5.57 Å². The molecule has 0 bridgehead atoms. The molecule has 0 N–H and O–H groups in total. The van der Waals surface area contributed by atoms with Gasteiger partial charge in [-0.3, -0.25) is 9.79 Å². The van der Waals surface area contributed by atoms with Crippen LogP contribution in [0.15, 0.2) is 69.9 Å². The van der Waals surface area contributed by atoms with Crippen molar-refractivity contribution in [3.63, 3.8) is 0 Å². The van der Waals surface area contributed by atoms with E-state index < -0.39 is 0 Å². The summed E-state index contributed by atoms with van der Waals surface area (Å²) in [5.74, 6) is -0.0887. The Balaban J connectivity index is 0.00000464. The van der Waals surface area contributed by atoms with Gasteiger partial charge < -0.3 is 9.80 Å². The molecule has 1 aliphatic rings. The van der Waals surface area contributed by atoms with Crippen molar-refractivity contribution < 1.29 is 9.18 Å². The number of benzene rings is 1. The summed E-state index contributed by atoms with van der Waals surface area (Å²) >= 11 is 0. The maximum Gasteiger partial charge on any atom is 0.225 e. The molecule has 6 heteroatoms. The molecule has 1 saturated heterocycles. The first-order valence-electron chi connectivity index (χ1n) is 17.0. The molecule has 5 nitrogen and oxygen atoms in total. The highest BCUT2D eigenvalue weighted by Gasteiger charge is 2.30. The minimum atomic E-state index is -0.250. The molecule has 1 aromatic rings. The normalized spacial score (nSPS) is 16.7. The third-order valence-corrected chi connectivity index (χ3v) is 7.66. The van der Waals surface area contributed by atoms with Crippen molar-refractivity contribution in [1.82, 2.24) is 9.80 Å². The second-order valence-electron chi connectivity index (χ2n) is 11.1. The fourth-order valence-corrected chi connectivity index (χ4v) is 5.54. The van der Waals surface area contributed by atoms with Gasteiger partial charge in [0, 0.05) is 66.3 Å². The monoisotopic (exact) mass is 620 g/mol. The van der Waals surface area contributed by atoms with Crippen molar-refractivity contribution in [3.05, 3.63) is 76.3 Å². The van der Waals surface area contributed by atoms with Crippen molar-refractivity contribution in [1.29, 1.82) is 5.26 Å². The molecule has 0 aliphatic carbocycles. The molecule has 0 aromatic heterocycles. The number of rotatable bonds is 12. The average Bonchev–Trinajstić information content (AvgIpc) is 3.06. The quantitative estimate of drug-likeness (QED) is 0.101. The Morgan fingerprint density at radius 3 is 2.20 bits per heavy atom. The van der Waals surface area contributed by atoms with E-state index in [2.05, 4.69) is 30.9 Å². The molecule has 1 aliphatic heterocycles. The largest absolute Gasteiger partial charge is 0.368 e. The number of nitriles is 1. The van der Waals surface area contributed by atoms with Gasteiger partial charge in [-0.2, -0.15) is 5.26 Å². The second kappa shape index (κ2) is 23.0. The number of piperazine rings is 1. The molecule has 250 valence electrons. The van der Waals surface area contributed by atoms with Gasteiger partial charge in [0.15, 0.2) is 0 Å². The summed E-state index contributed by atoms with van der Waals surface area (Å²) in [5, 5.41) is 9.15. The zero-order valence-electron chi connectivity index (χ0n) is 30.4. The van der Waals surface area contributed by atoms with Gasteiger partial charge in [-0.05, 0) is 84.9 Å². The number of carbonyl (C=O) groups excluding carboxylic acids is 1. The summed E-state index contributed by atoms with van der Waals surface area (Å²) in [4.78, 5) is 22.0.